The first-order chi connectivity index (χ1) is 13.4. The van der Waals surface area contributed by atoms with Gasteiger partial charge in [0.15, 0.2) is 0 Å². The van der Waals surface area contributed by atoms with Crippen LogP contribution in [0.2, 0.25) is 0 Å². The van der Waals surface area contributed by atoms with E-state index in [9.17, 15) is 0 Å². The summed E-state index contributed by atoms with van der Waals surface area (Å²) in [6.07, 6.45) is 13.4. The zero-order valence-corrected chi connectivity index (χ0v) is 19.0. The van der Waals surface area contributed by atoms with Gasteiger partial charge in [-0.15, -0.1) is 0 Å². The van der Waals surface area contributed by atoms with Crippen LogP contribution in [0.15, 0.2) is 24.3 Å². The van der Waals surface area contributed by atoms with E-state index < -0.39 is 0 Å². The number of nitrogens with zero attached hydrogens (tertiary/aromatic N) is 2. The van der Waals surface area contributed by atoms with Gasteiger partial charge in [0.25, 0.3) is 0 Å². The summed E-state index contributed by atoms with van der Waals surface area (Å²) in [6.45, 7) is 12.3. The van der Waals surface area contributed by atoms with Gasteiger partial charge in [-0.25, -0.2) is 0 Å². The van der Waals surface area contributed by atoms with Gasteiger partial charge in [0.1, 0.15) is 0 Å². The molecule has 4 rings (SSSR count). The largest absolute Gasteiger partial charge is 0.351 e. The van der Waals surface area contributed by atoms with Crippen molar-refractivity contribution in [2.45, 2.75) is 117 Å². The minimum atomic E-state index is 0.239. The minimum Gasteiger partial charge on any atom is -0.351 e. The molecule has 1 aromatic carbocycles. The van der Waals surface area contributed by atoms with Gasteiger partial charge in [0.05, 0.1) is 6.17 Å². The summed E-state index contributed by atoms with van der Waals surface area (Å²) in [7, 11) is 0. The number of aryl methyl sites for hydroxylation is 1. The summed E-state index contributed by atoms with van der Waals surface area (Å²) in [4.78, 5) is 5.90. The summed E-state index contributed by atoms with van der Waals surface area (Å²) < 4.78 is 0. The maximum absolute atomic E-state index is 3.06. The van der Waals surface area contributed by atoms with Gasteiger partial charge < -0.3 is 4.90 Å². The molecule has 3 atom stereocenters. The lowest BCUT2D eigenvalue weighted by Gasteiger charge is -2.45. The molecule has 0 aromatic heterocycles. The van der Waals surface area contributed by atoms with E-state index in [2.05, 4.69) is 68.7 Å². The molecule has 0 bridgehead atoms. The Hall–Kier alpha value is -1.02. The molecule has 2 saturated carbocycles. The summed E-state index contributed by atoms with van der Waals surface area (Å²) in [5, 5.41) is 0. The van der Waals surface area contributed by atoms with Crippen LogP contribution in [-0.2, 0) is 0 Å². The second-order valence-electron chi connectivity index (χ2n) is 10.9. The monoisotopic (exact) mass is 382 g/mol. The molecule has 0 radical (unpaired) electrons. The molecular weight excluding hydrogens is 340 g/mol. The van der Waals surface area contributed by atoms with E-state index in [1.807, 2.05) is 0 Å². The first-order valence-corrected chi connectivity index (χ1v) is 12.0. The maximum Gasteiger partial charge on any atom is 0.0879 e. The van der Waals surface area contributed by atoms with E-state index in [-0.39, 0.29) is 5.41 Å². The Balaban J connectivity index is 1.79. The number of rotatable bonds is 3. The van der Waals surface area contributed by atoms with Crippen LogP contribution in [0.1, 0.15) is 91.0 Å². The molecule has 28 heavy (non-hydrogen) atoms. The van der Waals surface area contributed by atoms with Gasteiger partial charge in [-0.05, 0) is 62.5 Å². The lowest BCUT2D eigenvalue weighted by atomic mass is 9.80. The molecule has 1 saturated heterocycles. The first kappa shape index (κ1) is 20.3. The zero-order valence-electron chi connectivity index (χ0n) is 19.0. The van der Waals surface area contributed by atoms with Crippen molar-refractivity contribution in [3.63, 3.8) is 0 Å². The van der Waals surface area contributed by atoms with E-state index in [4.69, 9.17) is 0 Å². The molecule has 156 valence electrons. The van der Waals surface area contributed by atoms with E-state index in [1.165, 1.54) is 69.0 Å². The lowest BCUT2D eigenvalue weighted by Crippen LogP contribution is -2.54. The molecular formula is C26H42N2. The highest BCUT2D eigenvalue weighted by Crippen LogP contribution is 2.48. The van der Waals surface area contributed by atoms with Gasteiger partial charge in [-0.3, -0.25) is 4.90 Å². The van der Waals surface area contributed by atoms with Crippen LogP contribution >= 0.6 is 0 Å². The molecule has 1 aromatic rings. The molecule has 2 heteroatoms. The maximum atomic E-state index is 3.06. The van der Waals surface area contributed by atoms with Crippen LogP contribution in [0.25, 0.3) is 0 Å². The van der Waals surface area contributed by atoms with Crippen molar-refractivity contribution in [1.29, 1.82) is 0 Å². The molecule has 0 spiro atoms. The molecule has 0 amide bonds. The number of hydrogen-bond acceptors (Lipinski definition) is 2. The average Bonchev–Trinajstić information content (AvgIpc) is 3.28. The molecule has 1 heterocycles. The van der Waals surface area contributed by atoms with Gasteiger partial charge in [-0.1, -0.05) is 71.1 Å². The fourth-order valence-electron chi connectivity index (χ4n) is 6.77. The summed E-state index contributed by atoms with van der Waals surface area (Å²) in [5.41, 5.74) is 3.14. The van der Waals surface area contributed by atoms with Crippen LogP contribution < -0.4 is 4.90 Å². The van der Waals surface area contributed by atoms with E-state index in [1.54, 1.807) is 0 Å². The second kappa shape index (κ2) is 8.01. The third kappa shape index (κ3) is 3.62. The molecule has 3 fully saturated rings. The van der Waals surface area contributed by atoms with Gasteiger partial charge >= 0.3 is 0 Å². The van der Waals surface area contributed by atoms with Gasteiger partial charge in [0.2, 0.25) is 0 Å². The normalized spacial score (nSPS) is 31.0. The quantitative estimate of drug-likeness (QED) is 0.569. The fourth-order valence-corrected chi connectivity index (χ4v) is 6.77. The van der Waals surface area contributed by atoms with Crippen molar-refractivity contribution in [1.82, 2.24) is 4.90 Å². The zero-order chi connectivity index (χ0) is 19.9. The van der Waals surface area contributed by atoms with Crippen molar-refractivity contribution < 1.29 is 0 Å². The van der Waals surface area contributed by atoms with Crippen LogP contribution in [0.4, 0.5) is 5.69 Å². The minimum absolute atomic E-state index is 0.239. The Morgan fingerprint density at radius 2 is 1.46 bits per heavy atom. The Bertz CT molecular complexity index is 649. The van der Waals surface area contributed by atoms with Gasteiger partial charge in [0, 0.05) is 23.8 Å². The topological polar surface area (TPSA) is 6.48 Å². The number of hydrogen-bond donors (Lipinski definition) is 0. The SMILES string of the molecule is Cc1ccccc1N1C(C(C)(C)C)N(C2CCCC2)C(C2CCCCC2)[C@@H]1C. The van der Waals surface area contributed by atoms with E-state index in [0.717, 1.165) is 12.0 Å². The number of para-hydroxylation sites is 1. The van der Waals surface area contributed by atoms with E-state index in [0.29, 0.717) is 18.2 Å². The van der Waals surface area contributed by atoms with Gasteiger partial charge in [-0.2, -0.15) is 0 Å². The number of anilines is 1. The fraction of sp³-hybridized carbons (Fsp3) is 0.769. The highest BCUT2D eigenvalue weighted by Gasteiger charge is 2.54. The third-order valence-corrected chi connectivity index (χ3v) is 7.87. The Kier molecular flexibility index (Phi) is 5.80. The Morgan fingerprint density at radius 3 is 2.07 bits per heavy atom. The standard InChI is InChI=1S/C26H42N2/c1-19-13-9-12-18-23(19)27-20(2)24(21-14-7-6-8-15-21)28(22-16-10-11-17-22)25(27)26(3,4)5/h9,12-13,18,20-22,24-25H,6-8,10-11,14-17H2,1-5H3/t20-,24?,25?/m0/s1. The highest BCUT2D eigenvalue weighted by molar-refractivity contribution is 5.56. The molecule has 1 aliphatic heterocycles. The Morgan fingerprint density at radius 1 is 0.857 bits per heavy atom. The second-order valence-corrected chi connectivity index (χ2v) is 10.9. The smallest absolute Gasteiger partial charge is 0.0879 e. The van der Waals surface area contributed by atoms with Crippen molar-refractivity contribution in [2.24, 2.45) is 11.3 Å². The van der Waals surface area contributed by atoms with Crippen molar-refractivity contribution in [2.75, 3.05) is 4.90 Å². The number of benzene rings is 1. The highest BCUT2D eigenvalue weighted by atomic mass is 15.5. The van der Waals surface area contributed by atoms with Crippen molar-refractivity contribution in [3.05, 3.63) is 29.8 Å². The molecule has 3 aliphatic rings. The van der Waals surface area contributed by atoms with Crippen LogP contribution in [0.5, 0.6) is 0 Å². The molecule has 2 unspecified atom stereocenters. The summed E-state index contributed by atoms with van der Waals surface area (Å²) in [6, 6.07) is 11.2. The van der Waals surface area contributed by atoms with Crippen LogP contribution in [0, 0.1) is 18.3 Å². The lowest BCUT2D eigenvalue weighted by molar-refractivity contribution is 0.0338. The average molecular weight is 383 g/mol. The van der Waals surface area contributed by atoms with Crippen molar-refractivity contribution in [3.8, 4) is 0 Å². The van der Waals surface area contributed by atoms with E-state index >= 15 is 0 Å². The molecule has 2 nitrogen and oxygen atoms in total. The summed E-state index contributed by atoms with van der Waals surface area (Å²) >= 11 is 0. The predicted molar refractivity (Wildman–Crippen MR) is 121 cm³/mol. The molecule has 2 aliphatic carbocycles. The van der Waals surface area contributed by atoms with Crippen LogP contribution in [-0.4, -0.2) is 29.2 Å². The van der Waals surface area contributed by atoms with Crippen LogP contribution in [0.3, 0.4) is 0 Å². The third-order valence-electron chi connectivity index (χ3n) is 7.87. The summed E-state index contributed by atoms with van der Waals surface area (Å²) in [5.74, 6) is 0.878. The Labute approximate surface area is 173 Å². The van der Waals surface area contributed by atoms with Crippen molar-refractivity contribution >= 4 is 5.69 Å². The molecule has 0 N–H and O–H groups in total. The predicted octanol–water partition coefficient (Wildman–Crippen LogP) is 6.77. The first-order valence-electron chi connectivity index (χ1n) is 12.0.